The first-order valence-electron chi connectivity index (χ1n) is 8.74. The van der Waals surface area contributed by atoms with E-state index in [0.29, 0.717) is 5.54 Å². The molecule has 0 aliphatic carbocycles. The molecule has 2 heterocycles. The molecule has 1 N–H and O–H groups in total. The molecule has 1 spiro atoms. The molecule has 1 aromatic carbocycles. The Morgan fingerprint density at radius 3 is 2.65 bits per heavy atom. The number of hydrogen-bond acceptors (Lipinski definition) is 3. The van der Waals surface area contributed by atoms with Crippen molar-refractivity contribution in [3.63, 3.8) is 0 Å². The number of halogens is 1. The molecule has 0 bridgehead atoms. The molecule has 0 aromatic heterocycles. The Morgan fingerprint density at radius 2 is 1.91 bits per heavy atom. The van der Waals surface area contributed by atoms with E-state index in [1.54, 1.807) is 0 Å². The van der Waals surface area contributed by atoms with E-state index in [4.69, 9.17) is 0 Å². The summed E-state index contributed by atoms with van der Waals surface area (Å²) in [6.07, 6.45) is 8.02. The zero-order valence-corrected chi connectivity index (χ0v) is 14.1. The normalized spacial score (nSPS) is 23.4. The van der Waals surface area contributed by atoms with Gasteiger partial charge in [0.25, 0.3) is 0 Å². The summed E-state index contributed by atoms with van der Waals surface area (Å²) in [5, 5.41) is 3.49. The molecule has 0 radical (unpaired) electrons. The predicted molar refractivity (Wildman–Crippen MR) is 94.0 cm³/mol. The van der Waals surface area contributed by atoms with Crippen molar-refractivity contribution in [2.75, 3.05) is 46.3 Å². The summed E-state index contributed by atoms with van der Waals surface area (Å²) < 4.78 is 12.9. The standard InChI is InChI=1S/C19H28FN3/c1-22-13-3-15-23(16-19(22)9-11-21-12-10-19)14-2-4-17-5-7-18(20)8-6-17/h2,4-8,21H,3,9-16H2,1H3/b4-2+. The molecule has 2 aliphatic rings. The van der Waals surface area contributed by atoms with E-state index in [0.717, 1.165) is 38.3 Å². The molecule has 2 aliphatic heterocycles. The lowest BCUT2D eigenvalue weighted by Crippen LogP contribution is -2.57. The molecule has 0 unspecified atom stereocenters. The van der Waals surface area contributed by atoms with Crippen LogP contribution >= 0.6 is 0 Å². The second-order valence-corrected chi connectivity index (χ2v) is 6.94. The summed E-state index contributed by atoms with van der Waals surface area (Å²) in [4.78, 5) is 5.17. The largest absolute Gasteiger partial charge is 0.317 e. The van der Waals surface area contributed by atoms with Crippen LogP contribution < -0.4 is 5.32 Å². The Bertz CT molecular complexity index is 520. The number of likely N-dealkylation sites (N-methyl/N-ethyl adjacent to an activating group) is 1. The van der Waals surface area contributed by atoms with E-state index >= 15 is 0 Å². The monoisotopic (exact) mass is 317 g/mol. The average Bonchev–Trinajstić information content (AvgIpc) is 2.70. The van der Waals surface area contributed by atoms with Gasteiger partial charge < -0.3 is 5.32 Å². The van der Waals surface area contributed by atoms with Crippen LogP contribution in [0.15, 0.2) is 30.3 Å². The van der Waals surface area contributed by atoms with Crippen molar-refractivity contribution < 1.29 is 4.39 Å². The molecular formula is C19H28FN3. The van der Waals surface area contributed by atoms with Crippen LogP contribution in [0.4, 0.5) is 4.39 Å². The predicted octanol–water partition coefficient (Wildman–Crippen LogP) is 2.60. The minimum absolute atomic E-state index is 0.175. The maximum Gasteiger partial charge on any atom is 0.123 e. The van der Waals surface area contributed by atoms with Crippen LogP contribution in [-0.2, 0) is 0 Å². The molecule has 2 fully saturated rings. The van der Waals surface area contributed by atoms with Crippen molar-refractivity contribution in [2.45, 2.75) is 24.8 Å². The van der Waals surface area contributed by atoms with Gasteiger partial charge in [-0.3, -0.25) is 9.80 Å². The first-order valence-corrected chi connectivity index (χ1v) is 8.74. The third-order valence-corrected chi connectivity index (χ3v) is 5.37. The number of nitrogens with one attached hydrogen (secondary N) is 1. The van der Waals surface area contributed by atoms with Gasteiger partial charge in [0.1, 0.15) is 5.82 Å². The molecule has 0 atom stereocenters. The molecule has 3 rings (SSSR count). The first-order chi connectivity index (χ1) is 11.2. The maximum absolute atomic E-state index is 12.9. The van der Waals surface area contributed by atoms with Gasteiger partial charge in [0.2, 0.25) is 0 Å². The highest BCUT2D eigenvalue weighted by Gasteiger charge is 2.38. The van der Waals surface area contributed by atoms with Gasteiger partial charge in [-0.1, -0.05) is 24.3 Å². The third kappa shape index (κ3) is 4.19. The van der Waals surface area contributed by atoms with Crippen molar-refractivity contribution in [3.8, 4) is 0 Å². The highest BCUT2D eigenvalue weighted by molar-refractivity contribution is 5.48. The van der Waals surface area contributed by atoms with E-state index in [1.807, 2.05) is 12.1 Å². The van der Waals surface area contributed by atoms with Gasteiger partial charge in [0, 0.05) is 18.6 Å². The summed E-state index contributed by atoms with van der Waals surface area (Å²) >= 11 is 0. The van der Waals surface area contributed by atoms with E-state index in [-0.39, 0.29) is 5.82 Å². The minimum Gasteiger partial charge on any atom is -0.317 e. The zero-order chi connectivity index (χ0) is 16.1. The smallest absolute Gasteiger partial charge is 0.123 e. The molecular weight excluding hydrogens is 289 g/mol. The van der Waals surface area contributed by atoms with Crippen LogP contribution in [0.3, 0.4) is 0 Å². The number of nitrogens with zero attached hydrogens (tertiary/aromatic N) is 2. The maximum atomic E-state index is 12.9. The molecule has 3 nitrogen and oxygen atoms in total. The van der Waals surface area contributed by atoms with Gasteiger partial charge in [-0.2, -0.15) is 0 Å². The molecule has 0 saturated carbocycles. The summed E-state index contributed by atoms with van der Waals surface area (Å²) in [6.45, 7) is 6.73. The fourth-order valence-corrected chi connectivity index (χ4v) is 3.88. The number of hydrogen-bond donors (Lipinski definition) is 1. The first kappa shape index (κ1) is 16.6. The zero-order valence-electron chi connectivity index (χ0n) is 14.1. The number of piperidine rings is 1. The summed E-state index contributed by atoms with van der Waals surface area (Å²) in [5.41, 5.74) is 1.40. The summed E-state index contributed by atoms with van der Waals surface area (Å²) in [7, 11) is 2.29. The number of benzene rings is 1. The molecule has 0 amide bonds. The lowest BCUT2D eigenvalue weighted by Gasteiger charge is -2.45. The Hall–Kier alpha value is -1.23. The minimum atomic E-state index is -0.175. The van der Waals surface area contributed by atoms with Gasteiger partial charge >= 0.3 is 0 Å². The van der Waals surface area contributed by atoms with Crippen LogP contribution in [0.5, 0.6) is 0 Å². The van der Waals surface area contributed by atoms with E-state index in [2.05, 4.69) is 34.3 Å². The van der Waals surface area contributed by atoms with Crippen molar-refractivity contribution >= 4 is 6.08 Å². The lowest BCUT2D eigenvalue weighted by molar-refractivity contribution is 0.0688. The Morgan fingerprint density at radius 1 is 1.17 bits per heavy atom. The fourth-order valence-electron chi connectivity index (χ4n) is 3.88. The van der Waals surface area contributed by atoms with Crippen LogP contribution in [-0.4, -0.2) is 61.7 Å². The molecule has 23 heavy (non-hydrogen) atoms. The second-order valence-electron chi connectivity index (χ2n) is 6.94. The van der Waals surface area contributed by atoms with Gasteiger partial charge in [-0.25, -0.2) is 4.39 Å². The van der Waals surface area contributed by atoms with Crippen LogP contribution in [0.1, 0.15) is 24.8 Å². The van der Waals surface area contributed by atoms with Crippen molar-refractivity contribution in [2.24, 2.45) is 0 Å². The summed E-state index contributed by atoms with van der Waals surface area (Å²) in [5.74, 6) is -0.175. The highest BCUT2D eigenvalue weighted by Crippen LogP contribution is 2.28. The quantitative estimate of drug-likeness (QED) is 0.924. The lowest BCUT2D eigenvalue weighted by atomic mass is 9.86. The molecule has 4 heteroatoms. The Balaban J connectivity index is 1.61. The molecule has 2 saturated heterocycles. The van der Waals surface area contributed by atoms with Crippen LogP contribution in [0.2, 0.25) is 0 Å². The fraction of sp³-hybridized carbons (Fsp3) is 0.579. The van der Waals surface area contributed by atoms with E-state index in [1.165, 1.54) is 37.9 Å². The molecule has 1 aromatic rings. The Kier molecular flexibility index (Phi) is 5.46. The van der Waals surface area contributed by atoms with Crippen molar-refractivity contribution in [1.82, 2.24) is 15.1 Å². The Labute approximate surface area is 139 Å². The van der Waals surface area contributed by atoms with Crippen molar-refractivity contribution in [1.29, 1.82) is 0 Å². The van der Waals surface area contributed by atoms with Gasteiger partial charge in [-0.05, 0) is 70.2 Å². The molecule has 126 valence electrons. The van der Waals surface area contributed by atoms with Crippen LogP contribution in [0.25, 0.3) is 6.08 Å². The van der Waals surface area contributed by atoms with Gasteiger partial charge in [0.15, 0.2) is 0 Å². The van der Waals surface area contributed by atoms with Crippen molar-refractivity contribution in [3.05, 3.63) is 41.7 Å². The van der Waals surface area contributed by atoms with Crippen LogP contribution in [0, 0.1) is 5.82 Å². The topological polar surface area (TPSA) is 18.5 Å². The van der Waals surface area contributed by atoms with Gasteiger partial charge in [0.05, 0.1) is 0 Å². The third-order valence-electron chi connectivity index (χ3n) is 5.37. The number of rotatable bonds is 3. The summed E-state index contributed by atoms with van der Waals surface area (Å²) in [6, 6.07) is 6.70. The van der Waals surface area contributed by atoms with E-state index < -0.39 is 0 Å². The average molecular weight is 317 g/mol. The van der Waals surface area contributed by atoms with Gasteiger partial charge in [-0.15, -0.1) is 0 Å². The SMILES string of the molecule is CN1CCCN(C/C=C/c2ccc(F)cc2)CC12CCNCC2. The second kappa shape index (κ2) is 7.56. The van der Waals surface area contributed by atoms with E-state index in [9.17, 15) is 4.39 Å². The highest BCUT2D eigenvalue weighted by atomic mass is 19.1.